The summed E-state index contributed by atoms with van der Waals surface area (Å²) in [5, 5.41) is 17.8. The molecule has 0 spiro atoms. The second kappa shape index (κ2) is 26.2. The Morgan fingerprint density at radius 1 is 0.639 bits per heavy atom. The van der Waals surface area contributed by atoms with Crippen molar-refractivity contribution >= 4 is 59.0 Å². The van der Waals surface area contributed by atoms with Gasteiger partial charge in [-0.25, -0.2) is 0 Å². The number of carbonyl (C=O) groups excluding carboxylic acids is 6. The molecular formula is C54H74N8O8S2. The van der Waals surface area contributed by atoms with Crippen LogP contribution in [0.1, 0.15) is 103 Å². The van der Waals surface area contributed by atoms with Gasteiger partial charge in [0.1, 0.15) is 37.4 Å². The van der Waals surface area contributed by atoms with E-state index in [4.69, 9.17) is 9.47 Å². The molecule has 6 N–H and O–H groups in total. The van der Waals surface area contributed by atoms with Crippen LogP contribution < -0.4 is 31.9 Å². The molecule has 4 aliphatic heterocycles. The zero-order valence-electron chi connectivity index (χ0n) is 43.0. The second-order valence-electron chi connectivity index (χ2n) is 20.3. The van der Waals surface area contributed by atoms with Crippen molar-refractivity contribution < 1.29 is 38.2 Å². The van der Waals surface area contributed by atoms with Crippen LogP contribution in [0.2, 0.25) is 0 Å². The highest BCUT2D eigenvalue weighted by Crippen LogP contribution is 2.48. The Morgan fingerprint density at radius 2 is 1.01 bits per heavy atom. The predicted molar refractivity (Wildman–Crippen MR) is 282 cm³/mol. The molecule has 0 unspecified atom stereocenters. The fraction of sp³-hybridized carbons (Fsp3) is 0.593. The molecule has 72 heavy (non-hydrogen) atoms. The normalized spacial score (nSPS) is 24.8. The van der Waals surface area contributed by atoms with Crippen molar-refractivity contribution in [2.24, 2.45) is 10.8 Å². The van der Waals surface area contributed by atoms with Gasteiger partial charge in [0.25, 0.3) is 0 Å². The number of thioether (sulfide) groups is 2. The lowest BCUT2D eigenvalue weighted by Crippen LogP contribution is -2.58. The molecule has 10 atom stereocenters. The molecule has 6 amide bonds. The first-order valence-corrected chi connectivity index (χ1v) is 27.2. The van der Waals surface area contributed by atoms with Crippen LogP contribution in [0.3, 0.4) is 0 Å². The Bertz CT molecular complexity index is 2170. The summed E-state index contributed by atoms with van der Waals surface area (Å²) < 4.78 is 11.8. The quantitative estimate of drug-likeness (QED) is 0.0828. The van der Waals surface area contributed by atoms with E-state index in [1.807, 2.05) is 88.4 Å². The predicted octanol–water partition coefficient (Wildman–Crippen LogP) is 3.89. The minimum atomic E-state index is -0.729. The third kappa shape index (κ3) is 14.4. The fourth-order valence-electron chi connectivity index (χ4n) is 9.88. The molecule has 2 aromatic carbocycles. The molecule has 0 aliphatic carbocycles. The number of amides is 6. The SMILES string of the molecule is CN[C@@H](C)C(=O)N[C@H]1CCS[C@H]2CC(C)(C)[C@@H](C(=O)N[C@H](CCOCC#CC#CCOCC[C@@H](NC(=O)[C@H]3N4C(=O)[C@@H](NC(=O)[C@H](C)NC)CCS[C@H]4CC3(C)C)c3ccccc3)c3ccccc3)N2C1=O. The highest BCUT2D eigenvalue weighted by atomic mass is 32.2. The number of likely N-dealkylation sites (N-methyl/N-ethyl adjacent to an activating group) is 2. The summed E-state index contributed by atoms with van der Waals surface area (Å²) in [5.41, 5.74) is 0.816. The standard InChI is InChI=1S/C54H74N8O8S2/c1-35(55-7)47(63)59-41-25-31-71-43-33-53(3,4)45(61(43)51(41)67)49(65)57-39(37-19-13-11-14-20-37)23-29-69-27-17-9-10-18-28-70-30-24-40(38-21-15-12-16-22-38)58-50(66)46-54(5,6)34-44-62(46)52(68)42(26-32-72-44)60-48(64)36(2)56-8/h11-16,19-22,35-36,39-46,55-56H,23-34H2,1-8H3,(H,57,65)(H,58,66)(H,59,63)(H,60,64)/t35-,36-,39+,40+,41-,42-,43-,44-,45+,46+/m0/s1. The lowest BCUT2D eigenvalue weighted by Gasteiger charge is -2.35. The van der Waals surface area contributed by atoms with Crippen molar-refractivity contribution in [3.05, 3.63) is 71.8 Å². The van der Waals surface area contributed by atoms with Crippen molar-refractivity contribution in [2.75, 3.05) is 52.0 Å². The number of ether oxygens (including phenoxy) is 2. The van der Waals surface area contributed by atoms with Crippen LogP contribution in [-0.2, 0) is 38.2 Å². The number of hydrogen-bond donors (Lipinski definition) is 6. The molecule has 2 aromatic rings. The smallest absolute Gasteiger partial charge is 0.246 e. The molecule has 4 aliphatic rings. The zero-order chi connectivity index (χ0) is 52.0. The van der Waals surface area contributed by atoms with Crippen molar-refractivity contribution in [3.8, 4) is 23.7 Å². The Hall–Kier alpha value is -5.08. The molecule has 18 heteroatoms. The molecule has 4 fully saturated rings. The van der Waals surface area contributed by atoms with Crippen molar-refractivity contribution in [2.45, 2.75) is 139 Å². The number of rotatable bonds is 20. The summed E-state index contributed by atoms with van der Waals surface area (Å²) in [4.78, 5) is 85.9. The first-order valence-electron chi connectivity index (χ1n) is 25.1. The van der Waals surface area contributed by atoms with Gasteiger partial charge in [0.15, 0.2) is 0 Å². The Kier molecular flexibility index (Phi) is 20.5. The summed E-state index contributed by atoms with van der Waals surface area (Å²) in [6, 6.07) is 14.8. The van der Waals surface area contributed by atoms with Crippen LogP contribution >= 0.6 is 23.5 Å². The zero-order valence-corrected chi connectivity index (χ0v) is 44.6. The molecule has 4 saturated heterocycles. The van der Waals surface area contributed by atoms with Gasteiger partial charge in [0.05, 0.1) is 48.1 Å². The summed E-state index contributed by atoms with van der Waals surface area (Å²) in [6.45, 7) is 12.4. The molecule has 16 nitrogen and oxygen atoms in total. The van der Waals surface area contributed by atoms with E-state index in [-0.39, 0.29) is 71.5 Å². The monoisotopic (exact) mass is 1030 g/mol. The molecule has 0 saturated carbocycles. The van der Waals surface area contributed by atoms with Crippen molar-refractivity contribution in [1.29, 1.82) is 0 Å². The highest BCUT2D eigenvalue weighted by Gasteiger charge is 2.56. The average molecular weight is 1030 g/mol. The van der Waals surface area contributed by atoms with Crippen LogP contribution in [0.15, 0.2) is 60.7 Å². The van der Waals surface area contributed by atoms with E-state index in [9.17, 15) is 28.8 Å². The third-order valence-corrected chi connectivity index (χ3v) is 16.6. The van der Waals surface area contributed by atoms with Crippen LogP contribution in [-0.4, -0.2) is 144 Å². The van der Waals surface area contributed by atoms with Gasteiger partial charge in [-0.05, 0) is 112 Å². The van der Waals surface area contributed by atoms with Gasteiger partial charge < -0.3 is 51.2 Å². The number of nitrogens with zero attached hydrogens (tertiary/aromatic N) is 2. The van der Waals surface area contributed by atoms with Gasteiger partial charge in [-0.3, -0.25) is 28.8 Å². The minimum Gasteiger partial charge on any atom is -0.369 e. The van der Waals surface area contributed by atoms with Crippen molar-refractivity contribution in [3.63, 3.8) is 0 Å². The number of nitrogens with one attached hydrogen (secondary N) is 6. The van der Waals surface area contributed by atoms with Gasteiger partial charge in [-0.1, -0.05) is 100 Å². The average Bonchev–Trinajstić information content (AvgIpc) is 3.68. The number of carbonyl (C=O) groups is 6. The Labute approximate surface area is 434 Å². The molecule has 0 bridgehead atoms. The molecule has 0 aromatic heterocycles. The van der Waals surface area contributed by atoms with E-state index in [1.165, 1.54) is 0 Å². The summed E-state index contributed by atoms with van der Waals surface area (Å²) in [5.74, 6) is 11.4. The van der Waals surface area contributed by atoms with E-state index in [2.05, 4.69) is 55.6 Å². The van der Waals surface area contributed by atoms with Gasteiger partial charge in [-0.2, -0.15) is 0 Å². The lowest BCUT2D eigenvalue weighted by atomic mass is 9.83. The molecule has 4 heterocycles. The third-order valence-electron chi connectivity index (χ3n) is 14.1. The topological polar surface area (TPSA) is 200 Å². The lowest BCUT2D eigenvalue weighted by molar-refractivity contribution is -0.144. The summed E-state index contributed by atoms with van der Waals surface area (Å²) in [7, 11) is 3.39. The molecule has 6 rings (SSSR count). The first kappa shape index (κ1) is 56.2. The van der Waals surface area contributed by atoms with Crippen LogP contribution in [0.5, 0.6) is 0 Å². The number of hydrogen-bond acceptors (Lipinski definition) is 12. The molecular weight excluding hydrogens is 953 g/mol. The second-order valence-corrected chi connectivity index (χ2v) is 22.9. The van der Waals surface area contributed by atoms with Crippen LogP contribution in [0, 0.1) is 34.5 Å². The maximum absolute atomic E-state index is 14.3. The van der Waals surface area contributed by atoms with Gasteiger partial charge in [0, 0.05) is 0 Å². The number of fused-ring (bicyclic) bond motifs is 2. The van der Waals surface area contributed by atoms with E-state index < -0.39 is 47.1 Å². The fourth-order valence-corrected chi connectivity index (χ4v) is 13.0. The van der Waals surface area contributed by atoms with E-state index >= 15 is 0 Å². The van der Waals surface area contributed by atoms with Gasteiger partial charge >= 0.3 is 0 Å². The van der Waals surface area contributed by atoms with Gasteiger partial charge in [-0.15, -0.1) is 23.5 Å². The van der Waals surface area contributed by atoms with Crippen LogP contribution in [0.25, 0.3) is 0 Å². The van der Waals surface area contributed by atoms with E-state index in [0.29, 0.717) is 63.2 Å². The summed E-state index contributed by atoms with van der Waals surface area (Å²) in [6.07, 6.45) is 3.22. The highest BCUT2D eigenvalue weighted by molar-refractivity contribution is 8.00. The first-order chi connectivity index (χ1) is 34.5. The van der Waals surface area contributed by atoms with Crippen molar-refractivity contribution in [1.82, 2.24) is 41.7 Å². The molecule has 0 radical (unpaired) electrons. The largest absolute Gasteiger partial charge is 0.369 e. The van der Waals surface area contributed by atoms with E-state index in [0.717, 1.165) is 11.1 Å². The Morgan fingerprint density at radius 3 is 1.38 bits per heavy atom. The van der Waals surface area contributed by atoms with E-state index in [1.54, 1.807) is 61.3 Å². The minimum absolute atomic E-state index is 0.130. The van der Waals surface area contributed by atoms with Gasteiger partial charge in [0.2, 0.25) is 35.4 Å². The Balaban J connectivity index is 0.989. The maximum Gasteiger partial charge on any atom is 0.246 e. The number of benzene rings is 2. The molecule has 390 valence electrons. The summed E-state index contributed by atoms with van der Waals surface area (Å²) >= 11 is 3.32. The maximum atomic E-state index is 14.3. The van der Waals surface area contributed by atoms with Crippen LogP contribution in [0.4, 0.5) is 0 Å².